The Kier molecular flexibility index (Phi) is 4.95. The molecular weight excluding hydrogens is 358 g/mol. The number of carbonyl (C=O) groups excluding carboxylic acids is 2. The molecular formula is C19H30N7O2+. The second kappa shape index (κ2) is 7.27. The third-order valence-corrected chi connectivity index (χ3v) is 6.31. The summed E-state index contributed by atoms with van der Waals surface area (Å²) in [7, 11) is 3.21. The van der Waals surface area contributed by atoms with Crippen LogP contribution in [0.1, 0.15) is 39.5 Å². The smallest absolute Gasteiger partial charge is 0.300 e. The van der Waals surface area contributed by atoms with Crippen molar-refractivity contribution >= 4 is 29.4 Å². The molecule has 2 unspecified atom stereocenters. The summed E-state index contributed by atoms with van der Waals surface area (Å²) in [4.78, 5) is 35.1. The molecule has 2 saturated heterocycles. The number of aliphatic imine (C=N–C) groups is 1. The molecule has 0 aromatic heterocycles. The molecule has 9 heteroatoms. The summed E-state index contributed by atoms with van der Waals surface area (Å²) < 4.78 is 2.02. The molecule has 2 fully saturated rings. The van der Waals surface area contributed by atoms with Gasteiger partial charge in [-0.2, -0.15) is 0 Å². The van der Waals surface area contributed by atoms with Gasteiger partial charge in [0, 0.05) is 20.6 Å². The maximum absolute atomic E-state index is 12.9. The number of urea groups is 1. The van der Waals surface area contributed by atoms with E-state index in [1.54, 1.807) is 7.05 Å². The first kappa shape index (κ1) is 19.0. The molecule has 4 rings (SSSR count). The van der Waals surface area contributed by atoms with E-state index in [0.29, 0.717) is 11.8 Å². The fourth-order valence-electron chi connectivity index (χ4n) is 4.40. The van der Waals surface area contributed by atoms with Crippen LogP contribution in [0.2, 0.25) is 0 Å². The summed E-state index contributed by atoms with van der Waals surface area (Å²) in [5, 5.41) is 6.68. The van der Waals surface area contributed by atoms with E-state index >= 15 is 0 Å². The molecule has 28 heavy (non-hydrogen) atoms. The van der Waals surface area contributed by atoms with Gasteiger partial charge in [0.2, 0.25) is 11.9 Å². The number of nitrogens with zero attached hydrogens (tertiary/aromatic N) is 7. The van der Waals surface area contributed by atoms with Gasteiger partial charge in [-0.3, -0.25) is 14.6 Å². The third-order valence-electron chi connectivity index (χ3n) is 6.31. The largest absolute Gasteiger partial charge is 0.416 e. The van der Waals surface area contributed by atoms with Crippen LogP contribution in [0.5, 0.6) is 0 Å². The average Bonchev–Trinajstić information content (AvgIpc) is 2.90. The van der Waals surface area contributed by atoms with Gasteiger partial charge in [0.15, 0.2) is 0 Å². The molecule has 152 valence electrons. The predicted octanol–water partition coefficient (Wildman–Crippen LogP) is 0.615. The first-order chi connectivity index (χ1) is 13.4. The van der Waals surface area contributed by atoms with Crippen LogP contribution in [0.4, 0.5) is 4.79 Å². The first-order valence-corrected chi connectivity index (χ1v) is 10.2. The van der Waals surface area contributed by atoms with Crippen molar-refractivity contribution in [1.29, 1.82) is 0 Å². The van der Waals surface area contributed by atoms with Gasteiger partial charge in [0.05, 0.1) is 5.71 Å². The van der Waals surface area contributed by atoms with Crippen molar-refractivity contribution in [2.24, 2.45) is 10.1 Å². The zero-order valence-electron chi connectivity index (χ0n) is 17.3. The summed E-state index contributed by atoms with van der Waals surface area (Å²) in [6, 6.07) is -0.958. The number of amides is 3. The Balaban J connectivity index is 1.60. The molecule has 0 aromatic carbocycles. The van der Waals surface area contributed by atoms with Gasteiger partial charge in [0.1, 0.15) is 12.6 Å². The Morgan fingerprint density at radius 1 is 1.04 bits per heavy atom. The number of likely N-dealkylation sites (tertiary alicyclic amines) is 1. The molecule has 0 saturated carbocycles. The number of hydrogen-bond donors (Lipinski definition) is 0. The Labute approximate surface area is 166 Å². The average molecular weight is 388 g/mol. The van der Waals surface area contributed by atoms with Gasteiger partial charge in [-0.25, -0.2) is 9.37 Å². The Bertz CT molecular complexity index is 779. The lowest BCUT2D eigenvalue weighted by Gasteiger charge is -2.34. The van der Waals surface area contributed by atoms with Crippen LogP contribution < -0.4 is 0 Å². The lowest BCUT2D eigenvalue weighted by atomic mass is 10.1. The molecule has 0 aliphatic carbocycles. The van der Waals surface area contributed by atoms with Crippen molar-refractivity contribution < 1.29 is 14.2 Å². The lowest BCUT2D eigenvalue weighted by Crippen LogP contribution is -2.63. The van der Waals surface area contributed by atoms with Crippen molar-refractivity contribution in [1.82, 2.24) is 19.7 Å². The molecule has 3 amide bonds. The monoisotopic (exact) mass is 388 g/mol. The van der Waals surface area contributed by atoms with Gasteiger partial charge < -0.3 is 4.90 Å². The molecule has 9 nitrogen and oxygen atoms in total. The molecule has 4 aliphatic rings. The maximum atomic E-state index is 12.9. The highest BCUT2D eigenvalue weighted by atomic mass is 16.2. The zero-order chi connectivity index (χ0) is 20.0. The fourth-order valence-corrected chi connectivity index (χ4v) is 4.40. The summed E-state index contributed by atoms with van der Waals surface area (Å²) in [5.74, 6) is 0.946. The van der Waals surface area contributed by atoms with Crippen LogP contribution >= 0.6 is 0 Å². The lowest BCUT2D eigenvalue weighted by molar-refractivity contribution is -0.559. The Hall–Kier alpha value is -2.29. The van der Waals surface area contributed by atoms with Crippen molar-refractivity contribution in [3.05, 3.63) is 0 Å². The molecule has 2 atom stereocenters. The van der Waals surface area contributed by atoms with Gasteiger partial charge >= 0.3 is 12.0 Å². The van der Waals surface area contributed by atoms with Gasteiger partial charge in [-0.15, -0.1) is 10.1 Å². The minimum atomic E-state index is -0.566. The normalized spacial score (nSPS) is 28.9. The molecule has 0 bridgehead atoms. The van der Waals surface area contributed by atoms with Crippen LogP contribution in [0.3, 0.4) is 0 Å². The number of imide groups is 1. The van der Waals surface area contributed by atoms with Crippen molar-refractivity contribution in [3.63, 3.8) is 0 Å². The Morgan fingerprint density at radius 3 is 2.39 bits per heavy atom. The van der Waals surface area contributed by atoms with Crippen LogP contribution in [-0.4, -0.2) is 106 Å². The van der Waals surface area contributed by atoms with Crippen molar-refractivity contribution in [3.8, 4) is 0 Å². The van der Waals surface area contributed by atoms with Crippen LogP contribution in [0.25, 0.3) is 0 Å². The number of hydrazone groups is 1. The molecule has 0 N–H and O–H groups in total. The van der Waals surface area contributed by atoms with E-state index in [1.807, 2.05) is 23.4 Å². The number of rotatable bonds is 3. The molecule has 0 spiro atoms. The van der Waals surface area contributed by atoms with Crippen LogP contribution in [0.15, 0.2) is 10.1 Å². The van der Waals surface area contributed by atoms with E-state index < -0.39 is 6.04 Å². The fraction of sp³-hybridized carbons (Fsp3) is 0.737. The predicted molar refractivity (Wildman–Crippen MR) is 107 cm³/mol. The van der Waals surface area contributed by atoms with Crippen LogP contribution in [-0.2, 0) is 4.79 Å². The van der Waals surface area contributed by atoms with Crippen LogP contribution in [0, 0.1) is 0 Å². The molecule has 4 heterocycles. The van der Waals surface area contributed by atoms with E-state index in [9.17, 15) is 9.59 Å². The second-order valence-electron chi connectivity index (χ2n) is 8.12. The third kappa shape index (κ3) is 3.01. The van der Waals surface area contributed by atoms with E-state index in [1.165, 1.54) is 42.5 Å². The summed E-state index contributed by atoms with van der Waals surface area (Å²) in [5.41, 5.74) is 0.950. The number of amidine groups is 1. The topological polar surface area (TPSA) is 74.8 Å². The van der Waals surface area contributed by atoms with Gasteiger partial charge in [-0.1, -0.05) is 17.8 Å². The summed E-state index contributed by atoms with van der Waals surface area (Å²) in [6.07, 6.45) is 5.12. The minimum absolute atomic E-state index is 0.0466. The number of fused-ring (bicyclic) bond motifs is 2. The molecule has 4 aliphatic heterocycles. The van der Waals surface area contributed by atoms with E-state index in [2.05, 4.69) is 4.90 Å². The summed E-state index contributed by atoms with van der Waals surface area (Å²) in [6.45, 7) is 7.92. The van der Waals surface area contributed by atoms with Crippen molar-refractivity contribution in [2.75, 3.05) is 40.3 Å². The van der Waals surface area contributed by atoms with E-state index in [4.69, 9.17) is 10.1 Å². The number of carbonyl (C=O) groups is 2. The highest BCUT2D eigenvalue weighted by Gasteiger charge is 2.55. The number of hydrogen-bond acceptors (Lipinski definition) is 6. The standard InChI is InChI=1S/C19H30N7O2/c1-13-14(2)26-15-16(22(3)19(28)23(4)17(15)27)20-18(26)25(21-13)12-11-24-9-7-5-6-8-10-24/h14-15H,5-12H2,1-4H3/q+1. The maximum Gasteiger partial charge on any atom is 0.416 e. The summed E-state index contributed by atoms with van der Waals surface area (Å²) >= 11 is 0. The number of guanidine groups is 1. The number of likely N-dealkylation sites (N-methyl/N-ethyl adjacent to an activating group) is 2. The van der Waals surface area contributed by atoms with E-state index in [0.717, 1.165) is 31.9 Å². The van der Waals surface area contributed by atoms with Crippen molar-refractivity contribution in [2.45, 2.75) is 51.6 Å². The minimum Gasteiger partial charge on any atom is -0.300 e. The highest BCUT2D eigenvalue weighted by molar-refractivity contribution is 6.23. The first-order valence-electron chi connectivity index (χ1n) is 10.2. The van der Waals surface area contributed by atoms with Gasteiger partial charge in [-0.05, 0) is 39.8 Å². The molecule has 0 aromatic rings. The SMILES string of the molecule is CC1=NN(CCN2CCCCCC2)C2=[N+](C1C)C1C(=O)N(C)C(=O)N(C)C1=N2. The Morgan fingerprint density at radius 2 is 1.71 bits per heavy atom. The molecule has 0 radical (unpaired) electrons. The highest BCUT2D eigenvalue weighted by Crippen LogP contribution is 2.24. The van der Waals surface area contributed by atoms with E-state index in [-0.39, 0.29) is 18.0 Å². The quantitative estimate of drug-likeness (QED) is 0.664. The van der Waals surface area contributed by atoms with Gasteiger partial charge in [0.25, 0.3) is 5.91 Å². The second-order valence-corrected chi connectivity index (χ2v) is 8.12. The zero-order valence-corrected chi connectivity index (χ0v) is 17.3.